The van der Waals surface area contributed by atoms with Crippen LogP contribution in [0.25, 0.3) is 0 Å². The molecule has 0 saturated carbocycles. The lowest BCUT2D eigenvalue weighted by atomic mass is 10.0. The van der Waals surface area contributed by atoms with Crippen LogP contribution < -0.4 is 5.01 Å². The molecule has 0 spiro atoms. The average molecular weight is 258 g/mol. The highest BCUT2D eigenvalue weighted by Gasteiger charge is 2.47. The Morgan fingerprint density at radius 1 is 0.900 bits per heavy atom. The molecule has 95 valence electrons. The van der Waals surface area contributed by atoms with Crippen molar-refractivity contribution in [2.24, 2.45) is 0 Å². The highest BCUT2D eigenvalue weighted by Crippen LogP contribution is 2.32. The summed E-state index contributed by atoms with van der Waals surface area (Å²) in [4.78, 5) is 0. The van der Waals surface area contributed by atoms with Gasteiger partial charge in [0.1, 0.15) is 5.69 Å². The zero-order valence-electron chi connectivity index (χ0n) is 11.0. The molecular weight excluding hydrogens is 244 g/mol. The van der Waals surface area contributed by atoms with Crippen molar-refractivity contribution >= 4 is 17.1 Å². The first kappa shape index (κ1) is 11.2. The molecule has 1 heterocycles. The summed E-state index contributed by atoms with van der Waals surface area (Å²) in [5.41, 5.74) is 3.56. The maximum absolute atomic E-state index is 3.36. The molecule has 4 rings (SSSR count). The maximum atomic E-state index is 3.36. The molecule has 1 atom stereocenters. The van der Waals surface area contributed by atoms with Gasteiger partial charge in [0.2, 0.25) is 5.69 Å². The van der Waals surface area contributed by atoms with Crippen molar-refractivity contribution in [1.29, 1.82) is 0 Å². The molecule has 0 amide bonds. The van der Waals surface area contributed by atoms with E-state index < -0.39 is 0 Å². The molecule has 2 aromatic rings. The Morgan fingerprint density at radius 2 is 1.60 bits per heavy atom. The van der Waals surface area contributed by atoms with Crippen molar-refractivity contribution in [3.05, 3.63) is 85.0 Å². The number of hydrogen-bond acceptors (Lipinski definition) is 1. The van der Waals surface area contributed by atoms with Crippen LogP contribution in [0, 0.1) is 6.08 Å². The van der Waals surface area contributed by atoms with Gasteiger partial charge < -0.3 is 0 Å². The fraction of sp³-hybridized carbons (Fsp3) is 0.0556. The summed E-state index contributed by atoms with van der Waals surface area (Å²) in [6.07, 6.45) is 9.60. The van der Waals surface area contributed by atoms with Crippen LogP contribution >= 0.6 is 0 Å². The topological polar surface area (TPSA) is 6.25 Å². The van der Waals surface area contributed by atoms with Gasteiger partial charge in [0.05, 0.1) is 6.08 Å². The lowest BCUT2D eigenvalue weighted by Gasteiger charge is -2.35. The van der Waals surface area contributed by atoms with Gasteiger partial charge in [-0.25, -0.2) is 0 Å². The first-order chi connectivity index (χ1) is 9.95. The van der Waals surface area contributed by atoms with Crippen LogP contribution in [-0.4, -0.2) is 16.4 Å². The van der Waals surface area contributed by atoms with Crippen LogP contribution in [0.2, 0.25) is 0 Å². The molecule has 2 heteroatoms. The third kappa shape index (κ3) is 1.62. The molecule has 0 aromatic heterocycles. The third-order valence-corrected chi connectivity index (χ3v) is 3.63. The number of hydrazine groups is 1. The fourth-order valence-corrected chi connectivity index (χ4v) is 2.73. The second-order valence-corrected chi connectivity index (χ2v) is 4.85. The zero-order valence-corrected chi connectivity index (χ0v) is 11.0. The maximum Gasteiger partial charge on any atom is 0.253 e. The Balaban J connectivity index is 1.85. The van der Waals surface area contributed by atoms with Gasteiger partial charge in [-0.1, -0.05) is 47.2 Å². The normalized spacial score (nSPS) is 19.8. The third-order valence-electron chi connectivity index (χ3n) is 3.63. The van der Waals surface area contributed by atoms with Crippen LogP contribution in [-0.2, 0) is 0 Å². The Kier molecular flexibility index (Phi) is 2.52. The lowest BCUT2D eigenvalue weighted by Crippen LogP contribution is -2.59. The van der Waals surface area contributed by atoms with Crippen LogP contribution in [0.5, 0.6) is 0 Å². The summed E-state index contributed by atoms with van der Waals surface area (Å²) in [5.74, 6) is 0. The van der Waals surface area contributed by atoms with E-state index in [-0.39, 0.29) is 6.04 Å². The van der Waals surface area contributed by atoms with Crippen molar-refractivity contribution in [1.82, 2.24) is 0 Å². The molecule has 1 unspecified atom stereocenters. The molecule has 2 nitrogen and oxygen atoms in total. The van der Waals surface area contributed by atoms with Crippen LogP contribution in [0.3, 0.4) is 0 Å². The van der Waals surface area contributed by atoms with Crippen molar-refractivity contribution in [3.8, 4) is 0 Å². The van der Waals surface area contributed by atoms with Crippen molar-refractivity contribution in [2.75, 3.05) is 5.01 Å². The molecule has 0 N–H and O–H groups in total. The fourth-order valence-electron chi connectivity index (χ4n) is 2.73. The van der Waals surface area contributed by atoms with Gasteiger partial charge in [0.15, 0.2) is 6.04 Å². The number of benzene rings is 2. The minimum Gasteiger partial charge on any atom is -0.130 e. The van der Waals surface area contributed by atoms with Crippen molar-refractivity contribution < 1.29 is 4.68 Å². The molecule has 1 radical (unpaired) electrons. The first-order valence-electron chi connectivity index (χ1n) is 6.78. The summed E-state index contributed by atoms with van der Waals surface area (Å²) >= 11 is 0. The number of allylic oxidation sites excluding steroid dienone is 2. The van der Waals surface area contributed by atoms with E-state index in [1.165, 1.54) is 17.1 Å². The number of para-hydroxylation sites is 2. The minimum absolute atomic E-state index is 0.280. The van der Waals surface area contributed by atoms with Crippen LogP contribution in [0.4, 0.5) is 11.4 Å². The number of fused-ring (bicyclic) bond motifs is 1. The van der Waals surface area contributed by atoms with Crippen LogP contribution in [0.15, 0.2) is 78.9 Å². The predicted octanol–water partition coefficient (Wildman–Crippen LogP) is 3.50. The van der Waals surface area contributed by atoms with Gasteiger partial charge in [0.25, 0.3) is 5.71 Å². The second-order valence-electron chi connectivity index (χ2n) is 4.85. The van der Waals surface area contributed by atoms with Crippen molar-refractivity contribution in [3.63, 3.8) is 0 Å². The summed E-state index contributed by atoms with van der Waals surface area (Å²) in [5, 5.41) is 2.29. The number of hydrogen-bond donors (Lipinski definition) is 0. The molecular formula is C18H14N2+. The number of hydrazone groups is 1. The summed E-state index contributed by atoms with van der Waals surface area (Å²) in [6.45, 7) is 0. The molecule has 0 bridgehead atoms. The van der Waals surface area contributed by atoms with E-state index in [0.29, 0.717) is 0 Å². The van der Waals surface area contributed by atoms with E-state index >= 15 is 0 Å². The summed E-state index contributed by atoms with van der Waals surface area (Å²) < 4.78 is 2.22. The Morgan fingerprint density at radius 3 is 2.35 bits per heavy atom. The van der Waals surface area contributed by atoms with E-state index in [0.717, 1.165) is 0 Å². The van der Waals surface area contributed by atoms with Gasteiger partial charge in [-0.05, 0) is 24.3 Å². The summed E-state index contributed by atoms with van der Waals surface area (Å²) in [6, 6.07) is 21.2. The number of nitrogens with zero attached hydrogens (tertiary/aromatic N) is 2. The molecule has 0 fully saturated rings. The molecule has 0 saturated heterocycles. The SMILES string of the molecule is [C]1=CC=CC2C1=[N+](c1ccccc1)N2c1ccccc1. The molecule has 20 heavy (non-hydrogen) atoms. The quantitative estimate of drug-likeness (QED) is 0.747. The van der Waals surface area contributed by atoms with E-state index in [1.54, 1.807) is 0 Å². The largest absolute Gasteiger partial charge is 0.253 e. The van der Waals surface area contributed by atoms with Gasteiger partial charge >= 0.3 is 0 Å². The Hall–Kier alpha value is -2.61. The monoisotopic (exact) mass is 258 g/mol. The zero-order chi connectivity index (χ0) is 13.4. The first-order valence-corrected chi connectivity index (χ1v) is 6.78. The van der Waals surface area contributed by atoms with Gasteiger partial charge in [0, 0.05) is 12.1 Å². The van der Waals surface area contributed by atoms with E-state index in [1.807, 2.05) is 18.2 Å². The predicted molar refractivity (Wildman–Crippen MR) is 81.0 cm³/mol. The van der Waals surface area contributed by atoms with E-state index in [2.05, 4.69) is 76.5 Å². The number of rotatable bonds is 2. The Labute approximate surface area is 118 Å². The minimum atomic E-state index is 0.280. The highest BCUT2D eigenvalue weighted by molar-refractivity contribution is 6.01. The van der Waals surface area contributed by atoms with Crippen LogP contribution in [0.1, 0.15) is 0 Å². The number of anilines is 1. The van der Waals surface area contributed by atoms with E-state index in [4.69, 9.17) is 0 Å². The second kappa shape index (κ2) is 4.49. The van der Waals surface area contributed by atoms with E-state index in [9.17, 15) is 0 Å². The smallest absolute Gasteiger partial charge is 0.130 e. The molecule has 2 aliphatic rings. The molecule has 1 aliphatic heterocycles. The standard InChI is InChI=1S/C18H14N2/c1-3-9-15(10-4-1)19-17-13-7-8-14-18(17)20(19)16-11-5-2-6-12-16/h1-13,17H/q+1. The van der Waals surface area contributed by atoms with Crippen molar-refractivity contribution in [2.45, 2.75) is 6.04 Å². The van der Waals surface area contributed by atoms with Gasteiger partial charge in [-0.2, -0.15) is 0 Å². The highest BCUT2D eigenvalue weighted by atomic mass is 15.6. The lowest BCUT2D eigenvalue weighted by molar-refractivity contribution is -0.487. The molecule has 2 aromatic carbocycles. The van der Waals surface area contributed by atoms with Gasteiger partial charge in [-0.3, -0.25) is 0 Å². The Bertz CT molecular complexity index is 712. The average Bonchev–Trinajstić information content (AvgIpc) is 2.51. The summed E-state index contributed by atoms with van der Waals surface area (Å²) in [7, 11) is 0. The molecule has 1 aliphatic carbocycles. The van der Waals surface area contributed by atoms with Gasteiger partial charge in [-0.15, -0.1) is 5.01 Å².